The Hall–Kier alpha value is -1.06. The van der Waals surface area contributed by atoms with Crippen molar-refractivity contribution in [3.8, 4) is 0 Å². The molecule has 0 unspecified atom stereocenters. The summed E-state index contributed by atoms with van der Waals surface area (Å²) in [6.45, 7) is 11.1. The summed E-state index contributed by atoms with van der Waals surface area (Å²) in [5.74, 6) is -0.336. The van der Waals surface area contributed by atoms with E-state index in [9.17, 15) is 9.90 Å². The van der Waals surface area contributed by atoms with Crippen molar-refractivity contribution >= 4 is 30.3 Å². The molecule has 0 aromatic heterocycles. The van der Waals surface area contributed by atoms with Crippen molar-refractivity contribution in [3.63, 3.8) is 0 Å². The quantitative estimate of drug-likeness (QED) is 0.527. The molecule has 33 heavy (non-hydrogen) atoms. The first-order chi connectivity index (χ1) is 15.5. The van der Waals surface area contributed by atoms with Crippen molar-refractivity contribution in [2.45, 2.75) is 95.5 Å². The van der Waals surface area contributed by atoms with E-state index in [1.165, 1.54) is 6.42 Å². The number of nitrogens with zero attached hydrogens (tertiary/aromatic N) is 1. The predicted molar refractivity (Wildman–Crippen MR) is 137 cm³/mol. The van der Waals surface area contributed by atoms with Gasteiger partial charge in [0.2, 0.25) is 0 Å². The Balaban J connectivity index is 2.01. The van der Waals surface area contributed by atoms with Crippen LogP contribution in [0.15, 0.2) is 24.3 Å². The number of piperidine rings is 1. The molecule has 0 aliphatic carbocycles. The molecule has 0 amide bonds. The number of rotatable bonds is 9. The normalized spacial score (nSPS) is 25.5. The maximum absolute atomic E-state index is 12.9. The van der Waals surface area contributed by atoms with Crippen molar-refractivity contribution in [3.05, 3.63) is 29.8 Å². The fourth-order valence-electron chi connectivity index (χ4n) is 5.10. The van der Waals surface area contributed by atoms with Crippen LogP contribution >= 0.6 is 11.8 Å². The average Bonchev–Trinajstić information content (AvgIpc) is 2.99. The number of carboxylic acid groups (broad SMARTS) is 1. The van der Waals surface area contributed by atoms with Gasteiger partial charge < -0.3 is 20.1 Å². The second kappa shape index (κ2) is 10.3. The first kappa shape index (κ1) is 26.5. The fraction of sp³-hybridized carbons (Fsp3) is 0.720. The molecule has 2 fully saturated rings. The van der Waals surface area contributed by atoms with Crippen molar-refractivity contribution in [1.82, 2.24) is 4.90 Å². The van der Waals surface area contributed by atoms with E-state index in [0.717, 1.165) is 37.7 Å². The molecule has 184 valence electrons. The van der Waals surface area contributed by atoms with Crippen LogP contribution in [0, 0.1) is 0 Å². The Morgan fingerprint density at radius 2 is 1.97 bits per heavy atom. The summed E-state index contributed by atoms with van der Waals surface area (Å²) >= 11 is 1.66. The molecule has 1 aromatic rings. The second-order valence-corrected chi connectivity index (χ2v) is 11.4. The minimum Gasteiger partial charge on any atom is -0.480 e. The summed E-state index contributed by atoms with van der Waals surface area (Å²) in [6.07, 6.45) is 7.53. The van der Waals surface area contributed by atoms with Crippen molar-refractivity contribution in [2.24, 2.45) is 5.73 Å². The van der Waals surface area contributed by atoms with Crippen LogP contribution in [0.2, 0.25) is 0 Å². The van der Waals surface area contributed by atoms with Gasteiger partial charge in [0.25, 0.3) is 0 Å². The van der Waals surface area contributed by atoms with E-state index >= 15 is 0 Å². The third kappa shape index (κ3) is 5.15. The van der Waals surface area contributed by atoms with Crippen LogP contribution in [0.4, 0.5) is 0 Å². The van der Waals surface area contributed by atoms with E-state index in [1.807, 2.05) is 58.2 Å². The predicted octanol–water partition coefficient (Wildman–Crippen LogP) is 3.61. The minimum atomic E-state index is -1.54. The van der Waals surface area contributed by atoms with Crippen LogP contribution in [0.5, 0.6) is 0 Å². The molecule has 2 aliphatic heterocycles. The zero-order valence-electron chi connectivity index (χ0n) is 21.1. The molecule has 2 heterocycles. The van der Waals surface area contributed by atoms with Gasteiger partial charge in [-0.3, -0.25) is 4.90 Å². The molecular formula is C25H41BN2O4S. The van der Waals surface area contributed by atoms with Gasteiger partial charge in [-0.1, -0.05) is 44.0 Å². The second-order valence-electron chi connectivity index (χ2n) is 10.5. The van der Waals surface area contributed by atoms with Gasteiger partial charge in [-0.15, -0.1) is 0 Å². The van der Waals surface area contributed by atoms with Gasteiger partial charge in [-0.05, 0) is 70.8 Å². The average molecular weight is 476 g/mol. The molecule has 8 heteroatoms. The topological polar surface area (TPSA) is 85.0 Å². The summed E-state index contributed by atoms with van der Waals surface area (Å²) in [4.78, 5) is 15.2. The smallest absolute Gasteiger partial charge is 0.480 e. The lowest BCUT2D eigenvalue weighted by molar-refractivity contribution is -0.147. The number of thioether (sulfide) groups is 1. The highest BCUT2D eigenvalue weighted by Gasteiger charge is 2.53. The monoisotopic (exact) mass is 476 g/mol. The number of benzene rings is 1. The molecule has 3 rings (SSSR count). The van der Waals surface area contributed by atoms with Crippen LogP contribution in [-0.2, 0) is 19.6 Å². The summed E-state index contributed by atoms with van der Waals surface area (Å²) in [6, 6.07) is 7.58. The van der Waals surface area contributed by atoms with Gasteiger partial charge in [0.1, 0.15) is 0 Å². The Morgan fingerprint density at radius 3 is 2.55 bits per heavy atom. The summed E-state index contributed by atoms with van der Waals surface area (Å²) in [5, 5.41) is 10.5. The number of hydrogen-bond acceptors (Lipinski definition) is 6. The number of hydrogen-bond donors (Lipinski definition) is 2. The summed E-state index contributed by atoms with van der Waals surface area (Å²) in [7, 11) is -0.560. The lowest BCUT2D eigenvalue weighted by Crippen LogP contribution is -2.64. The maximum Gasteiger partial charge on any atom is 0.494 e. The zero-order chi connectivity index (χ0) is 24.4. The fourth-order valence-corrected chi connectivity index (χ4v) is 5.87. The van der Waals surface area contributed by atoms with Gasteiger partial charge in [-0.25, -0.2) is 4.79 Å². The molecular weight excluding hydrogens is 435 g/mol. The highest BCUT2D eigenvalue weighted by Crippen LogP contribution is 2.37. The molecule has 2 saturated heterocycles. The van der Waals surface area contributed by atoms with E-state index in [4.69, 9.17) is 15.0 Å². The first-order valence-corrected chi connectivity index (χ1v) is 13.6. The summed E-state index contributed by atoms with van der Waals surface area (Å²) < 4.78 is 12.5. The van der Waals surface area contributed by atoms with Crippen molar-refractivity contribution < 1.29 is 19.2 Å². The molecule has 1 aromatic carbocycles. The van der Waals surface area contributed by atoms with E-state index in [1.54, 1.807) is 11.8 Å². The van der Waals surface area contributed by atoms with E-state index in [-0.39, 0.29) is 6.04 Å². The first-order valence-electron chi connectivity index (χ1n) is 12.2. The van der Waals surface area contributed by atoms with Gasteiger partial charge in [0.15, 0.2) is 5.54 Å². The largest absolute Gasteiger partial charge is 0.494 e. The van der Waals surface area contributed by atoms with Crippen LogP contribution in [-0.4, -0.2) is 64.9 Å². The number of aliphatic carboxylic acids is 1. The Labute approximate surface area is 204 Å². The molecule has 3 atom stereocenters. The Kier molecular flexibility index (Phi) is 8.27. The SMILES string of the molecule is CCC[C@@H]1CCCCN1[C@@H](CSC)[C@@](N)(C(=O)O)c1cccc(B2OC(C)(C)C(C)(C)O2)c1. The molecule has 3 N–H and O–H groups in total. The van der Waals surface area contributed by atoms with E-state index in [0.29, 0.717) is 17.4 Å². The van der Waals surface area contributed by atoms with Crippen LogP contribution in [0.25, 0.3) is 0 Å². The highest BCUT2D eigenvalue weighted by molar-refractivity contribution is 7.98. The minimum absolute atomic E-state index is 0.310. The zero-order valence-corrected chi connectivity index (χ0v) is 21.9. The van der Waals surface area contributed by atoms with Gasteiger partial charge in [0.05, 0.1) is 17.2 Å². The van der Waals surface area contributed by atoms with Crippen molar-refractivity contribution in [1.29, 1.82) is 0 Å². The molecule has 6 nitrogen and oxygen atoms in total. The molecule has 2 aliphatic rings. The number of likely N-dealkylation sites (tertiary alicyclic amines) is 1. The third-order valence-electron chi connectivity index (χ3n) is 7.79. The van der Waals surface area contributed by atoms with Crippen LogP contribution in [0.1, 0.15) is 72.3 Å². The molecule has 0 radical (unpaired) electrons. The molecule has 0 bridgehead atoms. The lowest BCUT2D eigenvalue weighted by Gasteiger charge is -2.47. The number of carbonyl (C=O) groups is 1. The highest BCUT2D eigenvalue weighted by atomic mass is 32.2. The summed E-state index contributed by atoms with van der Waals surface area (Å²) in [5.41, 5.74) is 5.84. The third-order valence-corrected chi connectivity index (χ3v) is 8.44. The number of nitrogens with two attached hydrogens (primary N) is 1. The van der Waals surface area contributed by atoms with Gasteiger partial charge >= 0.3 is 13.1 Å². The van der Waals surface area contributed by atoms with Crippen molar-refractivity contribution in [2.75, 3.05) is 18.6 Å². The Bertz CT molecular complexity index is 818. The number of carboxylic acids is 1. The Morgan fingerprint density at radius 1 is 1.30 bits per heavy atom. The molecule has 0 spiro atoms. The van der Waals surface area contributed by atoms with E-state index in [2.05, 4.69) is 11.8 Å². The van der Waals surface area contributed by atoms with Crippen LogP contribution < -0.4 is 11.2 Å². The van der Waals surface area contributed by atoms with E-state index < -0.39 is 29.8 Å². The molecule has 0 saturated carbocycles. The van der Waals surface area contributed by atoms with Crippen LogP contribution in [0.3, 0.4) is 0 Å². The standard InChI is InChI=1S/C25H41BN2O4S/c1-7-11-20-14-8-9-15-28(20)21(17-33-6)25(27,22(29)30)18-12-10-13-19(16-18)26-31-23(2,3)24(4,5)32-26/h10,12-13,16,20-21H,7-9,11,14-15,17,27H2,1-6H3,(H,29,30)/t20-,21+,25-/m1/s1. The van der Waals surface area contributed by atoms with Gasteiger partial charge in [-0.2, -0.15) is 11.8 Å². The lowest BCUT2D eigenvalue weighted by atomic mass is 9.74. The van der Waals surface area contributed by atoms with Gasteiger partial charge in [0, 0.05) is 11.8 Å². The maximum atomic E-state index is 12.9.